The fourth-order valence-electron chi connectivity index (χ4n) is 3.28. The molecule has 6 nitrogen and oxygen atoms in total. The molecule has 0 aromatic heterocycles. The van der Waals surface area contributed by atoms with Gasteiger partial charge in [0.1, 0.15) is 0 Å². The Hall–Kier alpha value is -3.41. The average Bonchev–Trinajstić information content (AvgIpc) is 2.70. The Morgan fingerprint density at radius 3 is 2.25 bits per heavy atom. The number of hydrogen-bond donors (Lipinski definition) is 3. The van der Waals surface area contributed by atoms with Crippen LogP contribution in [0.2, 0.25) is 0 Å². The number of aliphatic carboxylic acids is 1. The van der Waals surface area contributed by atoms with Crippen molar-refractivity contribution in [2.24, 2.45) is 11.8 Å². The van der Waals surface area contributed by atoms with Crippen molar-refractivity contribution < 1.29 is 19.5 Å². The third-order valence-electron chi connectivity index (χ3n) is 4.86. The average molecular weight is 378 g/mol. The van der Waals surface area contributed by atoms with Gasteiger partial charge in [-0.05, 0) is 55.7 Å². The van der Waals surface area contributed by atoms with E-state index in [-0.39, 0.29) is 11.8 Å². The Balaban J connectivity index is 1.68. The molecule has 0 unspecified atom stereocenters. The first kappa shape index (κ1) is 19.4. The van der Waals surface area contributed by atoms with Crippen LogP contribution < -0.4 is 10.6 Å². The molecule has 1 aliphatic carbocycles. The first-order valence-corrected chi connectivity index (χ1v) is 9.11. The molecule has 0 saturated heterocycles. The Bertz CT molecular complexity index is 921. The van der Waals surface area contributed by atoms with Crippen molar-refractivity contribution in [1.82, 2.24) is 0 Å². The topological polar surface area (TPSA) is 95.5 Å². The number of aryl methyl sites for hydroxylation is 1. The van der Waals surface area contributed by atoms with Crippen molar-refractivity contribution in [3.8, 4) is 0 Å². The van der Waals surface area contributed by atoms with E-state index in [1.54, 1.807) is 48.5 Å². The van der Waals surface area contributed by atoms with Crippen molar-refractivity contribution >= 4 is 29.2 Å². The molecule has 28 heavy (non-hydrogen) atoms. The molecule has 2 amide bonds. The number of carbonyl (C=O) groups is 3. The van der Waals surface area contributed by atoms with Gasteiger partial charge in [-0.15, -0.1) is 0 Å². The highest BCUT2D eigenvalue weighted by Gasteiger charge is 2.33. The van der Waals surface area contributed by atoms with Crippen LogP contribution in [-0.2, 0) is 9.59 Å². The summed E-state index contributed by atoms with van der Waals surface area (Å²) in [4.78, 5) is 36.2. The number of amides is 2. The Morgan fingerprint density at radius 1 is 0.929 bits per heavy atom. The van der Waals surface area contributed by atoms with E-state index in [1.807, 2.05) is 19.1 Å². The lowest BCUT2D eigenvalue weighted by Crippen LogP contribution is -2.34. The van der Waals surface area contributed by atoms with Crippen molar-refractivity contribution in [2.75, 3.05) is 10.6 Å². The van der Waals surface area contributed by atoms with Crippen molar-refractivity contribution in [1.29, 1.82) is 0 Å². The van der Waals surface area contributed by atoms with Gasteiger partial charge in [0, 0.05) is 16.9 Å². The number of nitrogens with one attached hydrogen (secondary N) is 2. The number of hydrogen-bond acceptors (Lipinski definition) is 3. The third kappa shape index (κ3) is 4.46. The summed E-state index contributed by atoms with van der Waals surface area (Å²) < 4.78 is 0. The fraction of sp³-hybridized carbons (Fsp3) is 0.227. The molecule has 0 aliphatic heterocycles. The smallest absolute Gasteiger partial charge is 0.307 e. The molecule has 0 spiro atoms. The molecule has 1 aliphatic rings. The number of carboxylic acids is 1. The third-order valence-corrected chi connectivity index (χ3v) is 4.86. The molecule has 3 rings (SSSR count). The zero-order valence-corrected chi connectivity index (χ0v) is 15.5. The molecular weight excluding hydrogens is 356 g/mol. The van der Waals surface area contributed by atoms with Gasteiger partial charge in [-0.25, -0.2) is 0 Å². The zero-order chi connectivity index (χ0) is 20.1. The van der Waals surface area contributed by atoms with Gasteiger partial charge in [0.25, 0.3) is 5.91 Å². The molecular formula is C22H22N2O4. The second kappa shape index (κ2) is 8.52. The lowest BCUT2D eigenvalue weighted by Gasteiger charge is -2.24. The molecule has 0 heterocycles. The van der Waals surface area contributed by atoms with Crippen LogP contribution in [0.5, 0.6) is 0 Å². The molecule has 0 bridgehead atoms. The first-order chi connectivity index (χ1) is 13.5. The van der Waals surface area contributed by atoms with Crippen LogP contribution in [0, 0.1) is 18.8 Å². The number of benzene rings is 2. The number of carboxylic acid groups (broad SMARTS) is 1. The van der Waals surface area contributed by atoms with Crippen LogP contribution in [0.15, 0.2) is 60.7 Å². The van der Waals surface area contributed by atoms with E-state index < -0.39 is 17.8 Å². The maximum atomic E-state index is 12.6. The first-order valence-electron chi connectivity index (χ1n) is 9.11. The standard InChI is InChI=1S/C22H22N2O4/c1-14-13-16(23-21(26)17-9-5-6-10-18(17)22(27)28)11-12-19(14)24-20(25)15-7-3-2-4-8-15/h2-8,11-13,17-18H,9-10H2,1H3,(H,23,26)(H,24,25)(H,27,28)/t17-,18+/m0/s1. The van der Waals surface area contributed by atoms with Crippen LogP contribution in [0.4, 0.5) is 11.4 Å². The summed E-state index contributed by atoms with van der Waals surface area (Å²) in [6, 6.07) is 14.1. The molecule has 2 aromatic rings. The van der Waals surface area contributed by atoms with Gasteiger partial charge in [0.05, 0.1) is 11.8 Å². The molecule has 0 fully saturated rings. The number of anilines is 2. The van der Waals surface area contributed by atoms with E-state index in [9.17, 15) is 19.5 Å². The summed E-state index contributed by atoms with van der Waals surface area (Å²) in [6.07, 6.45) is 4.41. The minimum absolute atomic E-state index is 0.209. The van der Waals surface area contributed by atoms with Gasteiger partial charge in [0.2, 0.25) is 5.91 Å². The van der Waals surface area contributed by atoms with Crippen LogP contribution in [-0.4, -0.2) is 22.9 Å². The lowest BCUT2D eigenvalue weighted by molar-refractivity contribution is -0.146. The molecule has 0 radical (unpaired) electrons. The SMILES string of the molecule is Cc1cc(NC(=O)[C@H]2CC=CC[C@H]2C(=O)O)ccc1NC(=O)c1ccccc1. The zero-order valence-electron chi connectivity index (χ0n) is 15.5. The molecule has 0 saturated carbocycles. The van der Waals surface area contributed by atoms with Crippen molar-refractivity contribution in [3.05, 3.63) is 71.8 Å². The molecule has 2 aromatic carbocycles. The predicted octanol–water partition coefficient (Wildman–Crippen LogP) is 3.85. The van der Waals surface area contributed by atoms with Gasteiger partial charge in [-0.1, -0.05) is 30.4 Å². The molecule has 144 valence electrons. The Morgan fingerprint density at radius 2 is 1.61 bits per heavy atom. The summed E-state index contributed by atoms with van der Waals surface area (Å²) in [7, 11) is 0. The fourth-order valence-corrected chi connectivity index (χ4v) is 3.28. The minimum atomic E-state index is -0.959. The highest BCUT2D eigenvalue weighted by Crippen LogP contribution is 2.28. The van der Waals surface area contributed by atoms with E-state index in [2.05, 4.69) is 10.6 Å². The Labute approximate surface area is 163 Å². The van der Waals surface area contributed by atoms with Crippen molar-refractivity contribution in [2.45, 2.75) is 19.8 Å². The summed E-state index contributed by atoms with van der Waals surface area (Å²) in [5.41, 5.74) is 2.57. The normalized spacial score (nSPS) is 18.3. The summed E-state index contributed by atoms with van der Waals surface area (Å²) >= 11 is 0. The summed E-state index contributed by atoms with van der Waals surface area (Å²) in [6.45, 7) is 1.83. The largest absolute Gasteiger partial charge is 0.481 e. The van der Waals surface area contributed by atoms with E-state index >= 15 is 0 Å². The molecule has 6 heteroatoms. The monoisotopic (exact) mass is 378 g/mol. The highest BCUT2D eigenvalue weighted by atomic mass is 16.4. The van der Waals surface area contributed by atoms with E-state index in [0.717, 1.165) is 5.56 Å². The molecule has 2 atom stereocenters. The van der Waals surface area contributed by atoms with Gasteiger partial charge < -0.3 is 15.7 Å². The number of rotatable bonds is 5. The van der Waals surface area contributed by atoms with Crippen molar-refractivity contribution in [3.63, 3.8) is 0 Å². The number of allylic oxidation sites excluding steroid dienone is 2. The van der Waals surface area contributed by atoms with E-state index in [0.29, 0.717) is 29.8 Å². The van der Waals surface area contributed by atoms with Gasteiger partial charge in [-0.3, -0.25) is 14.4 Å². The van der Waals surface area contributed by atoms with E-state index in [4.69, 9.17) is 0 Å². The second-order valence-corrected chi connectivity index (χ2v) is 6.83. The second-order valence-electron chi connectivity index (χ2n) is 6.83. The van der Waals surface area contributed by atoms with Crippen LogP contribution in [0.3, 0.4) is 0 Å². The van der Waals surface area contributed by atoms with Crippen LogP contribution in [0.1, 0.15) is 28.8 Å². The highest BCUT2D eigenvalue weighted by molar-refractivity contribution is 6.05. The van der Waals surface area contributed by atoms with Gasteiger partial charge in [0.15, 0.2) is 0 Å². The summed E-state index contributed by atoms with van der Waals surface area (Å²) in [5, 5.41) is 15.0. The quantitative estimate of drug-likeness (QED) is 0.689. The van der Waals surface area contributed by atoms with Crippen LogP contribution >= 0.6 is 0 Å². The predicted molar refractivity (Wildman–Crippen MR) is 107 cm³/mol. The minimum Gasteiger partial charge on any atom is -0.481 e. The summed E-state index contributed by atoms with van der Waals surface area (Å²) in [5.74, 6) is -2.79. The van der Waals surface area contributed by atoms with Gasteiger partial charge >= 0.3 is 5.97 Å². The lowest BCUT2D eigenvalue weighted by atomic mass is 9.82. The maximum absolute atomic E-state index is 12.6. The number of carbonyl (C=O) groups excluding carboxylic acids is 2. The van der Waals surface area contributed by atoms with E-state index in [1.165, 1.54) is 0 Å². The Kier molecular flexibility index (Phi) is 5.89. The van der Waals surface area contributed by atoms with Gasteiger partial charge in [-0.2, -0.15) is 0 Å². The maximum Gasteiger partial charge on any atom is 0.307 e. The van der Waals surface area contributed by atoms with Crippen LogP contribution in [0.25, 0.3) is 0 Å². The molecule has 3 N–H and O–H groups in total.